The van der Waals surface area contributed by atoms with E-state index < -0.39 is 0 Å². The van der Waals surface area contributed by atoms with Crippen LogP contribution in [0.5, 0.6) is 0 Å². The van der Waals surface area contributed by atoms with Gasteiger partial charge in [0.1, 0.15) is 0 Å². The number of hydrogen-bond acceptors (Lipinski definition) is 4. The third-order valence-electron chi connectivity index (χ3n) is 4.33. The van der Waals surface area contributed by atoms with Crippen molar-refractivity contribution in [2.24, 2.45) is 10.7 Å². The average molecular weight is 449 g/mol. The summed E-state index contributed by atoms with van der Waals surface area (Å²) >= 11 is 0. The molecule has 134 valence electrons. The quantitative estimate of drug-likeness (QED) is 0.418. The van der Waals surface area contributed by atoms with Crippen molar-refractivity contribution in [2.45, 2.75) is 38.3 Å². The summed E-state index contributed by atoms with van der Waals surface area (Å²) in [7, 11) is 0. The van der Waals surface area contributed by atoms with Crippen LogP contribution in [0.4, 0.5) is 10.2 Å². The number of ether oxygens (including phenoxy) is 1. The third-order valence-corrected chi connectivity index (χ3v) is 4.33. The molecule has 0 radical (unpaired) electrons. The Morgan fingerprint density at radius 2 is 2.08 bits per heavy atom. The van der Waals surface area contributed by atoms with E-state index >= 15 is 0 Å². The maximum Gasteiger partial charge on any atom is 0.189 e. The van der Waals surface area contributed by atoms with Gasteiger partial charge in [0.25, 0.3) is 0 Å². The lowest BCUT2D eigenvalue weighted by Gasteiger charge is -2.28. The zero-order valence-corrected chi connectivity index (χ0v) is 16.0. The first kappa shape index (κ1) is 19.2. The summed E-state index contributed by atoms with van der Waals surface area (Å²) in [5.41, 5.74) is 6.61. The lowest BCUT2D eigenvalue weighted by atomic mass is 10.2. The van der Waals surface area contributed by atoms with Crippen LogP contribution >= 0.6 is 24.0 Å². The SMILES string of the molecule is I.NC(=NCc1cnc(N2CCOCC2)c(F)c1)NC1CCCC1. The van der Waals surface area contributed by atoms with E-state index in [1.165, 1.54) is 18.9 Å². The number of aromatic nitrogens is 1. The fourth-order valence-corrected chi connectivity index (χ4v) is 3.07. The molecule has 3 N–H and O–H groups in total. The Morgan fingerprint density at radius 3 is 2.75 bits per heavy atom. The Hall–Kier alpha value is -1.16. The molecule has 0 unspecified atom stereocenters. The summed E-state index contributed by atoms with van der Waals surface area (Å²) in [6.45, 7) is 2.88. The number of nitrogens with zero attached hydrogens (tertiary/aromatic N) is 3. The van der Waals surface area contributed by atoms with Gasteiger partial charge < -0.3 is 20.7 Å². The highest BCUT2D eigenvalue weighted by Gasteiger charge is 2.17. The van der Waals surface area contributed by atoms with Crippen LogP contribution in [0.15, 0.2) is 17.3 Å². The molecule has 1 aromatic heterocycles. The molecule has 1 saturated carbocycles. The lowest BCUT2D eigenvalue weighted by Crippen LogP contribution is -2.38. The van der Waals surface area contributed by atoms with E-state index in [2.05, 4.69) is 15.3 Å². The van der Waals surface area contributed by atoms with Crippen molar-refractivity contribution < 1.29 is 9.13 Å². The van der Waals surface area contributed by atoms with Crippen LogP contribution in [0.1, 0.15) is 31.2 Å². The maximum atomic E-state index is 14.2. The Morgan fingerprint density at radius 1 is 1.38 bits per heavy atom. The predicted molar refractivity (Wildman–Crippen MR) is 103 cm³/mol. The lowest BCUT2D eigenvalue weighted by molar-refractivity contribution is 0.122. The minimum Gasteiger partial charge on any atom is -0.378 e. The zero-order valence-electron chi connectivity index (χ0n) is 13.7. The minimum atomic E-state index is -0.318. The summed E-state index contributed by atoms with van der Waals surface area (Å²) < 4.78 is 19.5. The zero-order chi connectivity index (χ0) is 16.1. The minimum absolute atomic E-state index is 0. The third kappa shape index (κ3) is 5.17. The van der Waals surface area contributed by atoms with Crippen molar-refractivity contribution in [1.29, 1.82) is 0 Å². The molecular formula is C16H25FIN5O. The molecule has 8 heteroatoms. The maximum absolute atomic E-state index is 14.2. The topological polar surface area (TPSA) is 75.8 Å². The number of aliphatic imine (C=N–C) groups is 1. The monoisotopic (exact) mass is 449 g/mol. The average Bonchev–Trinajstić information content (AvgIpc) is 3.07. The van der Waals surface area contributed by atoms with Crippen molar-refractivity contribution in [1.82, 2.24) is 10.3 Å². The van der Waals surface area contributed by atoms with Crippen LogP contribution in [0.2, 0.25) is 0 Å². The molecule has 2 fully saturated rings. The van der Waals surface area contributed by atoms with E-state index in [0.29, 0.717) is 50.7 Å². The van der Waals surface area contributed by atoms with Crippen LogP contribution in [-0.4, -0.2) is 43.3 Å². The molecule has 24 heavy (non-hydrogen) atoms. The molecular weight excluding hydrogens is 424 g/mol. The van der Waals surface area contributed by atoms with E-state index in [4.69, 9.17) is 10.5 Å². The van der Waals surface area contributed by atoms with Gasteiger partial charge in [0.15, 0.2) is 17.6 Å². The van der Waals surface area contributed by atoms with Crippen molar-refractivity contribution >= 4 is 35.8 Å². The van der Waals surface area contributed by atoms with Gasteiger partial charge in [-0.05, 0) is 24.5 Å². The number of morpholine rings is 1. The fraction of sp³-hybridized carbons (Fsp3) is 0.625. The highest BCUT2D eigenvalue weighted by molar-refractivity contribution is 14.0. The van der Waals surface area contributed by atoms with Crippen LogP contribution in [0.25, 0.3) is 0 Å². The number of rotatable bonds is 4. The Balaban J connectivity index is 0.00000208. The van der Waals surface area contributed by atoms with Crippen LogP contribution in [-0.2, 0) is 11.3 Å². The summed E-state index contributed by atoms with van der Waals surface area (Å²) in [6, 6.07) is 1.92. The molecule has 6 nitrogen and oxygen atoms in total. The van der Waals surface area contributed by atoms with Gasteiger partial charge in [0.05, 0.1) is 19.8 Å². The fourth-order valence-electron chi connectivity index (χ4n) is 3.07. The molecule has 2 heterocycles. The molecule has 0 atom stereocenters. The van der Waals surface area contributed by atoms with E-state index in [-0.39, 0.29) is 29.8 Å². The van der Waals surface area contributed by atoms with E-state index in [1.54, 1.807) is 6.20 Å². The first-order valence-corrected chi connectivity index (χ1v) is 8.26. The number of nitrogens with two attached hydrogens (primary N) is 1. The first-order valence-electron chi connectivity index (χ1n) is 8.26. The second-order valence-electron chi connectivity index (χ2n) is 6.08. The Kier molecular flexibility index (Phi) is 7.47. The van der Waals surface area contributed by atoms with Crippen LogP contribution < -0.4 is 16.0 Å². The van der Waals surface area contributed by atoms with Crippen LogP contribution in [0.3, 0.4) is 0 Å². The van der Waals surface area contributed by atoms with E-state index in [0.717, 1.165) is 18.4 Å². The Labute approximate surface area is 159 Å². The molecule has 1 saturated heterocycles. The number of guanidine groups is 1. The largest absolute Gasteiger partial charge is 0.378 e. The van der Waals surface area contributed by atoms with Gasteiger partial charge >= 0.3 is 0 Å². The molecule has 0 aromatic carbocycles. The second kappa shape index (κ2) is 9.36. The highest BCUT2D eigenvalue weighted by atomic mass is 127. The van der Waals surface area contributed by atoms with Gasteiger partial charge in [-0.3, -0.25) is 0 Å². The number of halogens is 2. The molecule has 0 amide bonds. The summed E-state index contributed by atoms with van der Waals surface area (Å²) in [6.07, 6.45) is 6.42. The molecule has 2 aliphatic rings. The molecule has 1 aromatic rings. The molecule has 0 bridgehead atoms. The van der Waals surface area contributed by atoms with Gasteiger partial charge in [-0.25, -0.2) is 14.4 Å². The predicted octanol–water partition coefficient (Wildman–Crippen LogP) is 2.02. The summed E-state index contributed by atoms with van der Waals surface area (Å²) in [4.78, 5) is 10.4. The van der Waals surface area contributed by atoms with Crippen molar-refractivity contribution in [3.63, 3.8) is 0 Å². The number of anilines is 1. The highest BCUT2D eigenvalue weighted by Crippen LogP contribution is 2.19. The number of pyridine rings is 1. The van der Waals surface area contributed by atoms with Crippen LogP contribution in [0, 0.1) is 5.82 Å². The summed E-state index contributed by atoms with van der Waals surface area (Å²) in [5, 5.41) is 3.22. The van der Waals surface area contributed by atoms with Crippen molar-refractivity contribution in [3.8, 4) is 0 Å². The van der Waals surface area contributed by atoms with Gasteiger partial charge in [-0.1, -0.05) is 12.8 Å². The second-order valence-corrected chi connectivity index (χ2v) is 6.08. The normalized spacial score (nSPS) is 19.2. The summed E-state index contributed by atoms with van der Waals surface area (Å²) in [5.74, 6) is 0.495. The molecule has 1 aliphatic carbocycles. The van der Waals surface area contributed by atoms with Crippen molar-refractivity contribution in [2.75, 3.05) is 31.2 Å². The smallest absolute Gasteiger partial charge is 0.189 e. The van der Waals surface area contributed by atoms with Crippen molar-refractivity contribution in [3.05, 3.63) is 23.6 Å². The Bertz CT molecular complexity index is 559. The molecule has 1 aliphatic heterocycles. The molecule has 3 rings (SSSR count). The van der Waals surface area contributed by atoms with E-state index in [1.807, 2.05) is 4.90 Å². The van der Waals surface area contributed by atoms with Gasteiger partial charge in [0, 0.05) is 25.3 Å². The number of nitrogens with one attached hydrogen (secondary N) is 1. The number of hydrogen-bond donors (Lipinski definition) is 2. The van der Waals surface area contributed by atoms with E-state index in [9.17, 15) is 4.39 Å². The van der Waals surface area contributed by atoms with Gasteiger partial charge in [0.2, 0.25) is 0 Å². The first-order chi connectivity index (χ1) is 11.2. The van der Waals surface area contributed by atoms with Gasteiger partial charge in [-0.2, -0.15) is 0 Å². The molecule has 0 spiro atoms. The van der Waals surface area contributed by atoms with Gasteiger partial charge in [-0.15, -0.1) is 24.0 Å². The standard InChI is InChI=1S/C16H24FN5O.HI/c17-14-9-12(10-19-15(14)22-5-7-23-8-6-22)11-20-16(18)21-13-3-1-2-4-13;/h9-10,13H,1-8,11H2,(H3,18,20,21);1H.